The lowest BCUT2D eigenvalue weighted by atomic mass is 9.93. The third-order valence-electron chi connectivity index (χ3n) is 3.76. The number of sulfonamides is 1. The van der Waals surface area contributed by atoms with Gasteiger partial charge in [0.2, 0.25) is 10.0 Å². The van der Waals surface area contributed by atoms with Gasteiger partial charge in [0.15, 0.2) is 0 Å². The fraction of sp³-hybridized carbons (Fsp3) is 0.571. The van der Waals surface area contributed by atoms with Gasteiger partial charge in [0.1, 0.15) is 4.90 Å². The van der Waals surface area contributed by atoms with Crippen LogP contribution in [0.2, 0.25) is 10.0 Å². The number of halogens is 2. The van der Waals surface area contributed by atoms with Crippen molar-refractivity contribution in [2.24, 2.45) is 5.41 Å². The van der Waals surface area contributed by atoms with Crippen LogP contribution < -0.4 is 5.32 Å². The summed E-state index contributed by atoms with van der Waals surface area (Å²) >= 11 is 12.4. The molecule has 2 rings (SSSR count). The zero-order valence-corrected chi connectivity index (χ0v) is 14.7. The third kappa shape index (κ3) is 3.37. The maximum absolute atomic E-state index is 12.8. The maximum atomic E-state index is 12.8. The summed E-state index contributed by atoms with van der Waals surface area (Å²) in [6.07, 6.45) is 0.848. The molecule has 1 aromatic rings. The Kier molecular flexibility index (Phi) is 4.90. The van der Waals surface area contributed by atoms with E-state index in [2.05, 4.69) is 19.2 Å². The van der Waals surface area contributed by atoms with Crippen LogP contribution in [0.5, 0.6) is 0 Å². The Morgan fingerprint density at radius 3 is 2.52 bits per heavy atom. The Morgan fingerprint density at radius 1 is 1.33 bits per heavy atom. The number of rotatable bonds is 4. The zero-order valence-electron chi connectivity index (χ0n) is 12.4. The van der Waals surface area contributed by atoms with Gasteiger partial charge in [-0.2, -0.15) is 4.31 Å². The van der Waals surface area contributed by atoms with Crippen molar-refractivity contribution in [1.29, 1.82) is 0 Å². The van der Waals surface area contributed by atoms with Gasteiger partial charge in [-0.25, -0.2) is 8.42 Å². The second kappa shape index (κ2) is 6.05. The topological polar surface area (TPSA) is 49.4 Å². The standard InChI is InChI=1S/C14H20Cl2N2O2S/c1-14(2)6-7-18(9-14)21(19,20)12-5-4-11(15)10(8-17-3)13(12)16/h4-5,17H,6-9H2,1-3H3. The minimum absolute atomic E-state index is 0.000223. The molecule has 1 aliphatic rings. The highest BCUT2D eigenvalue weighted by Crippen LogP contribution is 2.37. The number of nitrogens with one attached hydrogen (secondary N) is 1. The smallest absolute Gasteiger partial charge is 0.244 e. The molecule has 0 bridgehead atoms. The van der Waals surface area contributed by atoms with Crippen LogP contribution >= 0.6 is 23.2 Å². The largest absolute Gasteiger partial charge is 0.316 e. The molecule has 1 aromatic carbocycles. The Morgan fingerprint density at radius 2 is 2.00 bits per heavy atom. The highest BCUT2D eigenvalue weighted by Gasteiger charge is 2.38. The molecule has 21 heavy (non-hydrogen) atoms. The van der Waals surface area contributed by atoms with E-state index in [0.29, 0.717) is 30.2 Å². The summed E-state index contributed by atoms with van der Waals surface area (Å²) in [4.78, 5) is 0.136. The molecule has 1 saturated heterocycles. The lowest BCUT2D eigenvalue weighted by Crippen LogP contribution is -2.30. The second-order valence-corrected chi connectivity index (χ2v) is 8.81. The van der Waals surface area contributed by atoms with Crippen molar-refractivity contribution < 1.29 is 8.42 Å². The van der Waals surface area contributed by atoms with E-state index in [4.69, 9.17) is 23.2 Å². The Hall–Kier alpha value is -0.330. The monoisotopic (exact) mass is 350 g/mol. The maximum Gasteiger partial charge on any atom is 0.244 e. The summed E-state index contributed by atoms with van der Waals surface area (Å²) in [5, 5.41) is 3.63. The van der Waals surface area contributed by atoms with Crippen molar-refractivity contribution in [1.82, 2.24) is 9.62 Å². The second-order valence-electron chi connectivity index (χ2n) is 6.12. The van der Waals surface area contributed by atoms with Crippen molar-refractivity contribution >= 4 is 33.2 Å². The third-order valence-corrected chi connectivity index (χ3v) is 6.55. The molecule has 0 unspecified atom stereocenters. The van der Waals surface area contributed by atoms with Crippen molar-refractivity contribution in [3.63, 3.8) is 0 Å². The van der Waals surface area contributed by atoms with Gasteiger partial charge in [-0.1, -0.05) is 37.0 Å². The molecule has 0 aliphatic carbocycles. The van der Waals surface area contributed by atoms with Crippen LogP contribution in [0.15, 0.2) is 17.0 Å². The highest BCUT2D eigenvalue weighted by molar-refractivity contribution is 7.89. The Labute approximate surface area is 136 Å². The molecule has 0 aromatic heterocycles. The van der Waals surface area contributed by atoms with Crippen molar-refractivity contribution in [2.45, 2.75) is 31.7 Å². The zero-order chi connectivity index (χ0) is 15.8. The summed E-state index contributed by atoms with van der Waals surface area (Å²) in [6, 6.07) is 3.08. The molecule has 1 N–H and O–H groups in total. The summed E-state index contributed by atoms with van der Waals surface area (Å²) in [7, 11) is -1.82. The van der Waals surface area contributed by atoms with E-state index in [0.717, 1.165) is 6.42 Å². The van der Waals surface area contributed by atoms with E-state index in [1.54, 1.807) is 13.1 Å². The first kappa shape index (κ1) is 17.0. The van der Waals surface area contributed by atoms with Crippen molar-refractivity contribution in [3.05, 3.63) is 27.7 Å². The molecule has 0 atom stereocenters. The molecule has 0 radical (unpaired) electrons. The Balaban J connectivity index is 2.44. The molecule has 0 spiro atoms. The number of nitrogens with zero attached hydrogens (tertiary/aromatic N) is 1. The molecule has 4 nitrogen and oxygen atoms in total. The number of hydrogen-bond acceptors (Lipinski definition) is 3. The summed E-state index contributed by atoms with van der Waals surface area (Å²) in [5.74, 6) is 0. The fourth-order valence-corrected chi connectivity index (χ4v) is 5.04. The summed E-state index contributed by atoms with van der Waals surface area (Å²) in [5.41, 5.74) is 0.611. The predicted molar refractivity (Wildman–Crippen MR) is 86.4 cm³/mol. The van der Waals surface area contributed by atoms with E-state index in [1.165, 1.54) is 10.4 Å². The van der Waals surface area contributed by atoms with Crippen LogP contribution in [0, 0.1) is 5.41 Å². The van der Waals surface area contributed by atoms with Crippen LogP contribution in [-0.4, -0.2) is 32.9 Å². The van der Waals surface area contributed by atoms with Gasteiger partial charge in [0.25, 0.3) is 0 Å². The van der Waals surface area contributed by atoms with Crippen LogP contribution in [-0.2, 0) is 16.6 Å². The van der Waals surface area contributed by atoms with Gasteiger partial charge in [-0.05, 0) is 31.0 Å². The first-order chi connectivity index (χ1) is 9.69. The van der Waals surface area contributed by atoms with Gasteiger partial charge in [-0.3, -0.25) is 0 Å². The summed E-state index contributed by atoms with van der Waals surface area (Å²) in [6.45, 7) is 5.59. The molecule has 1 fully saturated rings. The van der Waals surface area contributed by atoms with Crippen molar-refractivity contribution in [2.75, 3.05) is 20.1 Å². The van der Waals surface area contributed by atoms with E-state index < -0.39 is 10.0 Å². The lowest BCUT2D eigenvalue weighted by molar-refractivity contribution is 0.375. The Bertz CT molecular complexity index is 645. The highest BCUT2D eigenvalue weighted by atomic mass is 35.5. The predicted octanol–water partition coefficient (Wildman–Crippen LogP) is 3.13. The van der Waals surface area contributed by atoms with Crippen molar-refractivity contribution in [3.8, 4) is 0 Å². The molecule has 7 heteroatoms. The average molecular weight is 351 g/mol. The number of benzene rings is 1. The summed E-state index contributed by atoms with van der Waals surface area (Å²) < 4.78 is 27.1. The van der Waals surface area contributed by atoms with Gasteiger partial charge < -0.3 is 5.32 Å². The molecule has 118 valence electrons. The quantitative estimate of drug-likeness (QED) is 0.907. The van der Waals surface area contributed by atoms with Gasteiger partial charge in [0, 0.05) is 30.2 Å². The van der Waals surface area contributed by atoms with E-state index in [-0.39, 0.29) is 15.3 Å². The first-order valence-corrected chi connectivity index (χ1v) is 9.00. The molecular formula is C14H20Cl2N2O2S. The minimum atomic E-state index is -3.58. The fourth-order valence-electron chi connectivity index (χ4n) is 2.52. The molecule has 1 heterocycles. The van der Waals surface area contributed by atoms with E-state index in [1.807, 2.05) is 0 Å². The number of hydrogen-bond donors (Lipinski definition) is 1. The minimum Gasteiger partial charge on any atom is -0.316 e. The van der Waals surface area contributed by atoms with Gasteiger partial charge in [-0.15, -0.1) is 0 Å². The van der Waals surface area contributed by atoms with E-state index >= 15 is 0 Å². The van der Waals surface area contributed by atoms with Gasteiger partial charge in [0.05, 0.1) is 5.02 Å². The van der Waals surface area contributed by atoms with Crippen LogP contribution in [0.3, 0.4) is 0 Å². The normalized spacial score (nSPS) is 19.1. The van der Waals surface area contributed by atoms with E-state index in [9.17, 15) is 8.42 Å². The van der Waals surface area contributed by atoms with Crippen LogP contribution in [0.1, 0.15) is 25.8 Å². The molecule has 1 aliphatic heterocycles. The first-order valence-electron chi connectivity index (χ1n) is 6.81. The van der Waals surface area contributed by atoms with Crippen LogP contribution in [0.25, 0.3) is 0 Å². The van der Waals surface area contributed by atoms with Crippen LogP contribution in [0.4, 0.5) is 0 Å². The molecular weight excluding hydrogens is 331 g/mol. The SMILES string of the molecule is CNCc1c(Cl)ccc(S(=O)(=O)N2CCC(C)(C)C2)c1Cl. The molecule has 0 amide bonds. The average Bonchev–Trinajstić information content (AvgIpc) is 2.75. The lowest BCUT2D eigenvalue weighted by Gasteiger charge is -2.21. The molecule has 0 saturated carbocycles. The van der Waals surface area contributed by atoms with Gasteiger partial charge >= 0.3 is 0 Å².